The van der Waals surface area contributed by atoms with Crippen molar-refractivity contribution in [3.63, 3.8) is 0 Å². The van der Waals surface area contributed by atoms with E-state index in [-0.39, 0.29) is 27.6 Å². The fourth-order valence-corrected chi connectivity index (χ4v) is 4.16. The molecule has 0 saturated heterocycles. The molecular formula is C24H19F3N4O3S. The summed E-state index contributed by atoms with van der Waals surface area (Å²) in [6.45, 7) is 1.34. The fourth-order valence-electron chi connectivity index (χ4n) is 3.64. The maximum absolute atomic E-state index is 14.2. The van der Waals surface area contributed by atoms with Crippen LogP contribution in [0.1, 0.15) is 12.6 Å². The lowest BCUT2D eigenvalue weighted by Crippen LogP contribution is -2.11. The van der Waals surface area contributed by atoms with Crippen LogP contribution in [0.2, 0.25) is 0 Å². The number of nitrogens with two attached hydrogens (primary N) is 1. The summed E-state index contributed by atoms with van der Waals surface area (Å²) in [5.74, 6) is -0.293. The molecule has 0 aliphatic heterocycles. The van der Waals surface area contributed by atoms with E-state index in [0.717, 1.165) is 4.68 Å². The summed E-state index contributed by atoms with van der Waals surface area (Å²) in [6.07, 6.45) is -4.78. The molecule has 35 heavy (non-hydrogen) atoms. The van der Waals surface area contributed by atoms with E-state index in [4.69, 9.17) is 5.14 Å². The number of carbonyl (C=O) groups excluding carboxylic acids is 1. The van der Waals surface area contributed by atoms with E-state index in [1.807, 2.05) is 0 Å². The molecule has 3 N–H and O–H groups in total. The molecule has 1 amide bonds. The molecule has 4 aromatic rings. The van der Waals surface area contributed by atoms with Crippen LogP contribution < -0.4 is 10.5 Å². The van der Waals surface area contributed by atoms with Crippen molar-refractivity contribution in [3.8, 4) is 28.1 Å². The largest absolute Gasteiger partial charge is 0.435 e. The van der Waals surface area contributed by atoms with Gasteiger partial charge in [-0.3, -0.25) is 4.79 Å². The van der Waals surface area contributed by atoms with Crippen molar-refractivity contribution in [2.75, 3.05) is 5.32 Å². The summed E-state index contributed by atoms with van der Waals surface area (Å²) in [5.41, 5.74) is 0.199. The number of carbonyl (C=O) groups is 1. The zero-order valence-corrected chi connectivity index (χ0v) is 19.1. The van der Waals surface area contributed by atoms with E-state index in [9.17, 15) is 26.4 Å². The maximum atomic E-state index is 14.2. The smallest absolute Gasteiger partial charge is 0.326 e. The number of nitrogens with zero attached hydrogens (tertiary/aromatic N) is 2. The first kappa shape index (κ1) is 24.2. The molecule has 0 fully saturated rings. The second kappa shape index (κ2) is 9.01. The molecule has 0 spiro atoms. The Balaban J connectivity index is 2.01. The van der Waals surface area contributed by atoms with E-state index in [1.54, 1.807) is 42.5 Å². The minimum Gasteiger partial charge on any atom is -0.326 e. The van der Waals surface area contributed by atoms with E-state index < -0.39 is 21.9 Å². The number of halogens is 3. The van der Waals surface area contributed by atoms with Gasteiger partial charge in [0.2, 0.25) is 15.9 Å². The van der Waals surface area contributed by atoms with Gasteiger partial charge in [-0.15, -0.1) is 0 Å². The molecule has 0 bridgehead atoms. The Bertz CT molecular complexity index is 1480. The number of benzene rings is 3. The molecular weight excluding hydrogens is 481 g/mol. The Labute approximate surface area is 199 Å². The Morgan fingerprint density at radius 3 is 2.03 bits per heavy atom. The lowest BCUT2D eigenvalue weighted by Gasteiger charge is -2.12. The van der Waals surface area contributed by atoms with Crippen LogP contribution in [0, 0.1) is 0 Å². The molecule has 0 unspecified atom stereocenters. The molecule has 0 saturated carbocycles. The normalized spacial score (nSPS) is 11.9. The number of primary sulfonamides is 1. The van der Waals surface area contributed by atoms with Gasteiger partial charge < -0.3 is 5.32 Å². The number of anilines is 1. The van der Waals surface area contributed by atoms with Gasteiger partial charge in [0.05, 0.1) is 16.3 Å². The highest BCUT2D eigenvalue weighted by molar-refractivity contribution is 7.89. The first-order chi connectivity index (χ1) is 16.4. The second-order valence-corrected chi connectivity index (χ2v) is 9.21. The van der Waals surface area contributed by atoms with Gasteiger partial charge in [-0.1, -0.05) is 42.5 Å². The standard InChI is InChI=1S/C24H19F3N4O3S/c1-15(32)29-18-9-11-19(12-10-18)31-22(17-7-13-20(14-8-17)35(28,33)34)21(16-5-3-2-4-6-16)23(30-31)24(25,26)27/h2-14H,1H3,(H,29,32)(H2,28,33,34). The van der Waals surface area contributed by atoms with Crippen molar-refractivity contribution in [2.24, 2.45) is 5.14 Å². The lowest BCUT2D eigenvalue weighted by atomic mass is 9.98. The first-order valence-corrected chi connectivity index (χ1v) is 11.8. The molecule has 1 heterocycles. The van der Waals surface area contributed by atoms with Gasteiger partial charge >= 0.3 is 6.18 Å². The van der Waals surface area contributed by atoms with Crippen LogP contribution in [0.3, 0.4) is 0 Å². The molecule has 0 atom stereocenters. The van der Waals surface area contributed by atoms with Crippen molar-refractivity contribution in [1.82, 2.24) is 9.78 Å². The molecule has 0 aliphatic rings. The van der Waals surface area contributed by atoms with Gasteiger partial charge in [0.25, 0.3) is 0 Å². The molecule has 3 aromatic carbocycles. The summed E-state index contributed by atoms with van der Waals surface area (Å²) >= 11 is 0. The van der Waals surface area contributed by atoms with Gasteiger partial charge in [-0.05, 0) is 42.0 Å². The van der Waals surface area contributed by atoms with E-state index in [1.165, 1.54) is 43.3 Å². The number of hydrogen-bond donors (Lipinski definition) is 2. The number of hydrogen-bond acceptors (Lipinski definition) is 4. The predicted octanol–water partition coefficient (Wildman–Crippen LogP) is 4.83. The predicted molar refractivity (Wildman–Crippen MR) is 125 cm³/mol. The number of amides is 1. The number of nitrogens with one attached hydrogen (secondary N) is 1. The summed E-state index contributed by atoms with van der Waals surface area (Å²) < 4.78 is 67.0. The average Bonchev–Trinajstić information content (AvgIpc) is 3.20. The van der Waals surface area contributed by atoms with Gasteiger partial charge in [0.1, 0.15) is 0 Å². The van der Waals surface area contributed by atoms with Crippen LogP contribution in [-0.2, 0) is 21.0 Å². The average molecular weight is 501 g/mol. The third kappa shape index (κ3) is 5.10. The van der Waals surface area contributed by atoms with Crippen molar-refractivity contribution >= 4 is 21.6 Å². The summed E-state index contributed by atoms with van der Waals surface area (Å²) in [6, 6.07) is 19.3. The molecule has 11 heteroatoms. The number of aromatic nitrogens is 2. The maximum Gasteiger partial charge on any atom is 0.435 e. The van der Waals surface area contributed by atoms with Crippen molar-refractivity contribution < 1.29 is 26.4 Å². The van der Waals surface area contributed by atoms with Crippen LogP contribution in [0.25, 0.3) is 28.1 Å². The van der Waals surface area contributed by atoms with Crippen molar-refractivity contribution in [2.45, 2.75) is 18.0 Å². The van der Waals surface area contributed by atoms with E-state index in [0.29, 0.717) is 16.9 Å². The second-order valence-electron chi connectivity index (χ2n) is 7.65. The Hall–Kier alpha value is -3.96. The van der Waals surface area contributed by atoms with Crippen LogP contribution in [0.5, 0.6) is 0 Å². The Kier molecular flexibility index (Phi) is 6.22. The number of alkyl halides is 3. The van der Waals surface area contributed by atoms with Gasteiger partial charge in [-0.25, -0.2) is 18.2 Å². The van der Waals surface area contributed by atoms with Gasteiger partial charge in [0.15, 0.2) is 5.69 Å². The van der Waals surface area contributed by atoms with E-state index >= 15 is 0 Å². The molecule has 180 valence electrons. The quantitative estimate of drug-likeness (QED) is 0.409. The Morgan fingerprint density at radius 1 is 0.914 bits per heavy atom. The molecule has 7 nitrogen and oxygen atoms in total. The Morgan fingerprint density at radius 2 is 1.51 bits per heavy atom. The fraction of sp³-hybridized carbons (Fsp3) is 0.0833. The highest BCUT2D eigenvalue weighted by Gasteiger charge is 2.40. The molecule has 0 radical (unpaired) electrons. The molecule has 4 rings (SSSR count). The van der Waals surface area contributed by atoms with Gasteiger partial charge in [-0.2, -0.15) is 18.3 Å². The monoisotopic (exact) mass is 500 g/mol. The summed E-state index contributed by atoms with van der Waals surface area (Å²) in [4.78, 5) is 11.1. The lowest BCUT2D eigenvalue weighted by molar-refractivity contribution is -0.140. The first-order valence-electron chi connectivity index (χ1n) is 10.2. The molecule has 1 aromatic heterocycles. The SMILES string of the molecule is CC(=O)Nc1ccc(-n2nc(C(F)(F)F)c(-c3ccccc3)c2-c2ccc(S(N)(=O)=O)cc2)cc1. The van der Waals surface area contributed by atoms with Crippen LogP contribution in [-0.4, -0.2) is 24.1 Å². The summed E-state index contributed by atoms with van der Waals surface area (Å²) in [5, 5.41) is 11.7. The third-order valence-corrected chi connectivity index (χ3v) is 6.03. The number of sulfonamides is 1. The number of rotatable bonds is 5. The van der Waals surface area contributed by atoms with Crippen LogP contribution in [0.15, 0.2) is 83.8 Å². The topological polar surface area (TPSA) is 107 Å². The minimum atomic E-state index is -4.78. The minimum absolute atomic E-state index is 0.108. The highest BCUT2D eigenvalue weighted by atomic mass is 32.2. The van der Waals surface area contributed by atoms with Crippen LogP contribution >= 0.6 is 0 Å². The van der Waals surface area contributed by atoms with Gasteiger partial charge in [0, 0.05) is 23.7 Å². The summed E-state index contributed by atoms with van der Waals surface area (Å²) in [7, 11) is -4.00. The zero-order chi connectivity index (χ0) is 25.4. The molecule has 0 aliphatic carbocycles. The van der Waals surface area contributed by atoms with Crippen molar-refractivity contribution in [3.05, 3.63) is 84.6 Å². The highest BCUT2D eigenvalue weighted by Crippen LogP contribution is 2.43. The van der Waals surface area contributed by atoms with E-state index in [2.05, 4.69) is 10.4 Å². The van der Waals surface area contributed by atoms with Crippen LogP contribution in [0.4, 0.5) is 18.9 Å². The zero-order valence-electron chi connectivity index (χ0n) is 18.2. The third-order valence-electron chi connectivity index (χ3n) is 5.10. The van der Waals surface area contributed by atoms with Crippen molar-refractivity contribution in [1.29, 1.82) is 0 Å².